The highest BCUT2D eigenvalue weighted by molar-refractivity contribution is 6.20. The van der Waals surface area contributed by atoms with Crippen LogP contribution in [0.3, 0.4) is 0 Å². The SMILES string of the molecule is [2H]c1c([2H])c([2H])c2c(N(c3ccc(-c4ccc5ccccc5c4)cc3)c3ccccc3-c3cccc4oc5c6ccccc6ccc5c34)c([2H])c([2H])c([2H])c2c1[2H]. The molecule has 0 saturated carbocycles. The normalized spacial score (nSPS) is 13.6. The molecule has 0 aliphatic heterocycles. The van der Waals surface area contributed by atoms with Crippen molar-refractivity contribution >= 4 is 71.3 Å². The lowest BCUT2D eigenvalue weighted by molar-refractivity contribution is 0.673. The lowest BCUT2D eigenvalue weighted by atomic mass is 9.95. The van der Waals surface area contributed by atoms with Crippen molar-refractivity contribution < 1.29 is 14.0 Å². The summed E-state index contributed by atoms with van der Waals surface area (Å²) in [5, 5.41) is 6.04. The summed E-state index contributed by atoms with van der Waals surface area (Å²) in [5.74, 6) is 0. The molecule has 0 N–H and O–H groups in total. The van der Waals surface area contributed by atoms with Crippen molar-refractivity contribution in [3.63, 3.8) is 0 Å². The Morgan fingerprint density at radius 2 is 1.16 bits per heavy atom. The van der Waals surface area contributed by atoms with E-state index in [2.05, 4.69) is 48.5 Å². The molecule has 9 aromatic carbocycles. The van der Waals surface area contributed by atoms with Gasteiger partial charge in [-0.2, -0.15) is 0 Å². The first kappa shape index (κ1) is 22.1. The molecule has 10 aromatic rings. The maximum Gasteiger partial charge on any atom is 0.143 e. The average molecular weight is 645 g/mol. The Labute approximate surface area is 299 Å². The summed E-state index contributed by atoms with van der Waals surface area (Å²) in [6, 6.07) is 45.3. The van der Waals surface area contributed by atoms with Gasteiger partial charge in [-0.1, -0.05) is 145 Å². The second-order valence-electron chi connectivity index (χ2n) is 12.4. The summed E-state index contributed by atoms with van der Waals surface area (Å²) in [7, 11) is 0. The molecular formula is C48H31NO. The van der Waals surface area contributed by atoms with Crippen LogP contribution in [0.15, 0.2) is 192 Å². The first-order chi connectivity index (χ1) is 27.7. The first-order valence-electron chi connectivity index (χ1n) is 20.0. The molecule has 2 nitrogen and oxygen atoms in total. The lowest BCUT2D eigenvalue weighted by Gasteiger charge is -2.29. The van der Waals surface area contributed by atoms with Crippen LogP contribution in [0.2, 0.25) is 0 Å². The molecule has 0 aliphatic carbocycles. The van der Waals surface area contributed by atoms with Gasteiger partial charge in [0.2, 0.25) is 0 Å². The fourth-order valence-corrected chi connectivity index (χ4v) is 7.20. The largest absolute Gasteiger partial charge is 0.455 e. The van der Waals surface area contributed by atoms with Crippen LogP contribution in [0.25, 0.3) is 76.5 Å². The molecule has 10 rings (SSSR count). The van der Waals surface area contributed by atoms with E-state index in [0.717, 1.165) is 60.2 Å². The Kier molecular flexibility index (Phi) is 5.08. The third-order valence-electron chi connectivity index (χ3n) is 9.55. The van der Waals surface area contributed by atoms with E-state index in [4.69, 9.17) is 12.6 Å². The van der Waals surface area contributed by atoms with E-state index in [1.54, 1.807) is 4.90 Å². The molecule has 1 heterocycles. The van der Waals surface area contributed by atoms with Crippen LogP contribution in [0.5, 0.6) is 0 Å². The smallest absolute Gasteiger partial charge is 0.143 e. The fourth-order valence-electron chi connectivity index (χ4n) is 7.20. The summed E-state index contributed by atoms with van der Waals surface area (Å²) in [6.45, 7) is 0. The van der Waals surface area contributed by atoms with Crippen molar-refractivity contribution in [2.24, 2.45) is 0 Å². The summed E-state index contributed by atoms with van der Waals surface area (Å²) in [4.78, 5) is 1.80. The van der Waals surface area contributed by atoms with E-state index < -0.39 is 30.2 Å². The number of furan rings is 1. The van der Waals surface area contributed by atoms with Crippen LogP contribution in [0.4, 0.5) is 17.1 Å². The molecule has 0 aliphatic rings. The predicted molar refractivity (Wildman–Crippen MR) is 212 cm³/mol. The number of hydrogen-bond donors (Lipinski definition) is 0. The Morgan fingerprint density at radius 1 is 0.440 bits per heavy atom. The molecule has 2 heteroatoms. The van der Waals surface area contributed by atoms with Crippen LogP contribution in [-0.4, -0.2) is 0 Å². The van der Waals surface area contributed by atoms with E-state index in [-0.39, 0.29) is 28.5 Å². The van der Waals surface area contributed by atoms with Gasteiger partial charge in [-0.15, -0.1) is 0 Å². The van der Waals surface area contributed by atoms with Gasteiger partial charge in [0.1, 0.15) is 11.2 Å². The molecule has 0 radical (unpaired) electrons. The summed E-state index contributed by atoms with van der Waals surface area (Å²) >= 11 is 0. The molecule has 0 unspecified atom stereocenters. The van der Waals surface area contributed by atoms with Gasteiger partial charge in [-0.05, 0) is 80.7 Å². The molecule has 234 valence electrons. The predicted octanol–water partition coefficient (Wildman–Crippen LogP) is 13.8. The van der Waals surface area contributed by atoms with Gasteiger partial charge in [0.25, 0.3) is 0 Å². The summed E-state index contributed by atoms with van der Waals surface area (Å²) in [6.07, 6.45) is 0. The van der Waals surface area contributed by atoms with Crippen LogP contribution in [-0.2, 0) is 0 Å². The standard InChI is InChI=1S/C48H31NO/c1-2-14-36-31-37(24-23-32(36)11-1)33-25-28-38(29-26-33)49(44-21-9-15-34-12-3-5-16-39(34)44)45-20-8-7-18-41(45)42-19-10-22-46-47(42)43-30-27-35-13-4-6-17-40(35)48(43)50-46/h1-31H/i3D,5D,9D,12D,15D,16D,21D. The fraction of sp³-hybridized carbons (Fsp3) is 0. The van der Waals surface area contributed by atoms with Crippen LogP contribution in [0, 0.1) is 0 Å². The van der Waals surface area contributed by atoms with E-state index in [9.17, 15) is 1.37 Å². The number of rotatable bonds is 5. The highest BCUT2D eigenvalue weighted by atomic mass is 16.3. The molecule has 0 fully saturated rings. The zero-order valence-corrected chi connectivity index (χ0v) is 26.7. The van der Waals surface area contributed by atoms with Gasteiger partial charge in [-0.3, -0.25) is 0 Å². The van der Waals surface area contributed by atoms with Crippen molar-refractivity contribution in [2.75, 3.05) is 4.90 Å². The maximum atomic E-state index is 9.44. The van der Waals surface area contributed by atoms with E-state index in [0.29, 0.717) is 17.0 Å². The minimum absolute atomic E-state index is 0.00107. The number of anilines is 3. The van der Waals surface area contributed by atoms with Gasteiger partial charge in [-0.25, -0.2) is 0 Å². The third-order valence-corrected chi connectivity index (χ3v) is 9.55. The average Bonchev–Trinajstić information content (AvgIpc) is 3.65. The highest BCUT2D eigenvalue weighted by Crippen LogP contribution is 2.47. The van der Waals surface area contributed by atoms with Gasteiger partial charge < -0.3 is 9.32 Å². The van der Waals surface area contributed by atoms with Crippen LogP contribution >= 0.6 is 0 Å². The van der Waals surface area contributed by atoms with Crippen LogP contribution < -0.4 is 4.90 Å². The van der Waals surface area contributed by atoms with Crippen molar-refractivity contribution in [2.45, 2.75) is 0 Å². The zero-order valence-electron chi connectivity index (χ0n) is 33.7. The first-order valence-corrected chi connectivity index (χ1v) is 16.5. The molecule has 0 atom stereocenters. The molecule has 0 bridgehead atoms. The molecule has 1 aromatic heterocycles. The monoisotopic (exact) mass is 644 g/mol. The van der Waals surface area contributed by atoms with Gasteiger partial charge in [0.15, 0.2) is 0 Å². The number of fused-ring (bicyclic) bond motifs is 7. The topological polar surface area (TPSA) is 16.4 Å². The summed E-state index contributed by atoms with van der Waals surface area (Å²) in [5.41, 5.74) is 6.37. The van der Waals surface area contributed by atoms with Crippen LogP contribution in [0.1, 0.15) is 9.60 Å². The van der Waals surface area contributed by atoms with Crippen molar-refractivity contribution in [1.82, 2.24) is 0 Å². The maximum absolute atomic E-state index is 9.44. The Hall–Kier alpha value is -6.64. The molecule has 0 amide bonds. The summed E-state index contributed by atoms with van der Waals surface area (Å²) < 4.78 is 69.0. The number of nitrogens with zero attached hydrogens (tertiary/aromatic N) is 1. The molecule has 50 heavy (non-hydrogen) atoms. The Bertz CT molecular complexity index is 3270. The minimum atomic E-state index is -0.498. The number of para-hydroxylation sites is 1. The highest BCUT2D eigenvalue weighted by Gasteiger charge is 2.22. The second-order valence-corrected chi connectivity index (χ2v) is 12.4. The number of hydrogen-bond acceptors (Lipinski definition) is 2. The zero-order chi connectivity index (χ0) is 39.1. The van der Waals surface area contributed by atoms with Crippen molar-refractivity contribution in [1.29, 1.82) is 0 Å². The lowest BCUT2D eigenvalue weighted by Crippen LogP contribution is -2.11. The Balaban J connectivity index is 1.27. The third kappa shape index (κ3) is 4.57. The van der Waals surface area contributed by atoms with Gasteiger partial charge >= 0.3 is 0 Å². The van der Waals surface area contributed by atoms with Crippen molar-refractivity contribution in [3.05, 3.63) is 188 Å². The van der Waals surface area contributed by atoms with Gasteiger partial charge in [0.05, 0.1) is 21.0 Å². The minimum Gasteiger partial charge on any atom is -0.455 e. The van der Waals surface area contributed by atoms with E-state index >= 15 is 0 Å². The van der Waals surface area contributed by atoms with E-state index in [1.165, 1.54) is 0 Å². The number of benzene rings is 9. The van der Waals surface area contributed by atoms with Gasteiger partial charge in [0, 0.05) is 32.8 Å². The molecule has 0 saturated heterocycles. The second kappa shape index (κ2) is 11.5. The molecule has 0 spiro atoms. The van der Waals surface area contributed by atoms with E-state index in [1.807, 2.05) is 97.1 Å². The Morgan fingerprint density at radius 3 is 2.08 bits per heavy atom. The van der Waals surface area contributed by atoms with Crippen molar-refractivity contribution in [3.8, 4) is 22.3 Å². The quantitative estimate of drug-likeness (QED) is 0.185. The molecular weight excluding hydrogens is 607 g/mol.